The Balaban J connectivity index is 1.47. The summed E-state index contributed by atoms with van der Waals surface area (Å²) in [6.07, 6.45) is 0. The van der Waals surface area contributed by atoms with Crippen molar-refractivity contribution in [2.45, 2.75) is 0 Å². The van der Waals surface area contributed by atoms with E-state index >= 15 is 0 Å². The van der Waals surface area contributed by atoms with Crippen molar-refractivity contribution >= 4 is 76.1 Å². The topological polar surface area (TPSA) is 18.1 Å². The first-order chi connectivity index (χ1) is 18.8. The Labute approximate surface area is 217 Å². The Morgan fingerprint density at radius 2 is 0.974 bits per heavy atom. The van der Waals surface area contributed by atoms with Crippen molar-refractivity contribution in [2.75, 3.05) is 0 Å². The Morgan fingerprint density at radius 1 is 0.395 bits per heavy atom. The molecule has 0 aliphatic heterocycles. The molecule has 176 valence electrons. The molecule has 0 saturated carbocycles. The van der Waals surface area contributed by atoms with Crippen LogP contribution in [0.5, 0.6) is 0 Å². The zero-order valence-corrected chi connectivity index (χ0v) is 20.5. The van der Waals surface area contributed by atoms with Gasteiger partial charge in [-0.1, -0.05) is 97.1 Å². The number of furan rings is 1. The van der Waals surface area contributed by atoms with Gasteiger partial charge in [-0.25, -0.2) is 0 Å². The van der Waals surface area contributed by atoms with Gasteiger partial charge in [-0.2, -0.15) is 0 Å². The average molecular weight is 484 g/mol. The maximum atomic E-state index is 6.81. The molecule has 38 heavy (non-hydrogen) atoms. The molecule has 0 aliphatic carbocycles. The zero-order chi connectivity index (χ0) is 24.8. The van der Waals surface area contributed by atoms with Gasteiger partial charge in [0.2, 0.25) is 0 Å². The second kappa shape index (κ2) is 7.24. The van der Waals surface area contributed by atoms with Crippen molar-refractivity contribution in [1.29, 1.82) is 0 Å². The highest BCUT2D eigenvalue weighted by Crippen LogP contribution is 2.42. The second-order valence-electron chi connectivity index (χ2n) is 10.1. The molecule has 0 spiro atoms. The first kappa shape index (κ1) is 20.0. The van der Waals surface area contributed by atoms with Gasteiger partial charge in [0.15, 0.2) is 5.58 Å². The molecule has 0 atom stereocenters. The molecular formula is C36H21NO. The lowest BCUT2D eigenvalue weighted by atomic mass is 10.0. The summed E-state index contributed by atoms with van der Waals surface area (Å²) in [5.74, 6) is 0. The summed E-state index contributed by atoms with van der Waals surface area (Å²) >= 11 is 0. The van der Waals surface area contributed by atoms with Crippen LogP contribution in [0.15, 0.2) is 132 Å². The summed E-state index contributed by atoms with van der Waals surface area (Å²) in [7, 11) is 0. The number of hydrogen-bond donors (Lipinski definition) is 0. The van der Waals surface area contributed by atoms with E-state index in [1.54, 1.807) is 0 Å². The van der Waals surface area contributed by atoms with Gasteiger partial charge in [0.1, 0.15) is 5.58 Å². The highest BCUT2D eigenvalue weighted by atomic mass is 16.3. The third-order valence-corrected chi connectivity index (χ3v) is 8.15. The largest absolute Gasteiger partial charge is 0.453 e. The van der Waals surface area contributed by atoms with Crippen LogP contribution in [0, 0.1) is 0 Å². The summed E-state index contributed by atoms with van der Waals surface area (Å²) in [6, 6.07) is 45.9. The van der Waals surface area contributed by atoms with Gasteiger partial charge >= 0.3 is 0 Å². The molecule has 0 fully saturated rings. The number of nitrogens with zero attached hydrogens (tertiary/aromatic N) is 1. The summed E-state index contributed by atoms with van der Waals surface area (Å²) in [4.78, 5) is 0. The van der Waals surface area contributed by atoms with Gasteiger partial charge < -0.3 is 8.98 Å². The third-order valence-electron chi connectivity index (χ3n) is 8.15. The average Bonchev–Trinajstić information content (AvgIpc) is 3.53. The first-order valence-electron chi connectivity index (χ1n) is 13.0. The van der Waals surface area contributed by atoms with E-state index in [1.165, 1.54) is 43.2 Å². The van der Waals surface area contributed by atoms with E-state index in [-0.39, 0.29) is 0 Å². The lowest BCUT2D eigenvalue weighted by Crippen LogP contribution is -1.94. The fourth-order valence-corrected chi connectivity index (χ4v) is 6.41. The van der Waals surface area contributed by atoms with Crippen molar-refractivity contribution in [3.05, 3.63) is 127 Å². The minimum atomic E-state index is 0.933. The van der Waals surface area contributed by atoms with Crippen molar-refractivity contribution in [3.63, 3.8) is 0 Å². The predicted octanol–water partition coefficient (Wildman–Crippen LogP) is 10.1. The summed E-state index contributed by atoms with van der Waals surface area (Å²) in [5, 5.41) is 12.1. The maximum Gasteiger partial charge on any atom is 0.160 e. The Bertz CT molecular complexity index is 2400. The molecule has 0 bridgehead atoms. The predicted molar refractivity (Wildman–Crippen MR) is 161 cm³/mol. The quantitative estimate of drug-likeness (QED) is 0.212. The number of hydrogen-bond acceptors (Lipinski definition) is 1. The van der Waals surface area contributed by atoms with Gasteiger partial charge in [-0.15, -0.1) is 0 Å². The van der Waals surface area contributed by atoms with Crippen LogP contribution in [0.3, 0.4) is 0 Å². The lowest BCUT2D eigenvalue weighted by molar-refractivity contribution is 0.675. The molecule has 0 amide bonds. The Kier molecular flexibility index (Phi) is 3.82. The first-order valence-corrected chi connectivity index (χ1v) is 13.0. The number of aromatic nitrogens is 1. The molecule has 2 heteroatoms. The minimum Gasteiger partial charge on any atom is -0.453 e. The van der Waals surface area contributed by atoms with E-state index in [4.69, 9.17) is 4.42 Å². The van der Waals surface area contributed by atoms with Crippen LogP contribution in [0.1, 0.15) is 0 Å². The van der Waals surface area contributed by atoms with Gasteiger partial charge in [-0.3, -0.25) is 0 Å². The molecular weight excluding hydrogens is 462 g/mol. The van der Waals surface area contributed by atoms with Gasteiger partial charge in [0.25, 0.3) is 0 Å². The fraction of sp³-hybridized carbons (Fsp3) is 0. The fourth-order valence-electron chi connectivity index (χ4n) is 6.41. The highest BCUT2D eigenvalue weighted by Gasteiger charge is 2.20. The van der Waals surface area contributed by atoms with E-state index < -0.39 is 0 Å². The van der Waals surface area contributed by atoms with Gasteiger partial charge in [0.05, 0.1) is 11.0 Å². The van der Waals surface area contributed by atoms with Crippen LogP contribution in [0.2, 0.25) is 0 Å². The van der Waals surface area contributed by atoms with Gasteiger partial charge in [0, 0.05) is 32.6 Å². The Morgan fingerprint density at radius 3 is 1.84 bits per heavy atom. The molecule has 0 N–H and O–H groups in total. The smallest absolute Gasteiger partial charge is 0.160 e. The van der Waals surface area contributed by atoms with Gasteiger partial charge in [-0.05, 0) is 57.3 Å². The summed E-state index contributed by atoms with van der Waals surface area (Å²) in [6.45, 7) is 0. The van der Waals surface area contributed by atoms with Crippen molar-refractivity contribution in [2.24, 2.45) is 0 Å². The van der Waals surface area contributed by atoms with Crippen LogP contribution >= 0.6 is 0 Å². The number of para-hydroxylation sites is 1. The highest BCUT2D eigenvalue weighted by molar-refractivity contribution is 6.24. The van der Waals surface area contributed by atoms with Crippen molar-refractivity contribution < 1.29 is 4.42 Å². The number of fused-ring (bicyclic) bond motifs is 12. The van der Waals surface area contributed by atoms with Crippen molar-refractivity contribution in [1.82, 2.24) is 4.57 Å². The molecule has 0 radical (unpaired) electrons. The SMILES string of the molecule is c1ccc2c(c1)ccc1ccc(-n3c4ccccc4c4ccc5c6ccc7ccccc7c6oc5c43)cc12. The molecule has 2 aromatic heterocycles. The number of rotatable bonds is 1. The molecule has 2 heterocycles. The monoisotopic (exact) mass is 483 g/mol. The minimum absolute atomic E-state index is 0.933. The van der Waals surface area contributed by atoms with E-state index in [9.17, 15) is 0 Å². The molecule has 7 aromatic carbocycles. The van der Waals surface area contributed by atoms with Crippen LogP contribution in [-0.4, -0.2) is 4.57 Å². The van der Waals surface area contributed by atoms with E-state index in [2.05, 4.69) is 132 Å². The van der Waals surface area contributed by atoms with E-state index in [1.807, 2.05) is 0 Å². The summed E-state index contributed by atoms with van der Waals surface area (Å²) in [5.41, 5.74) is 5.32. The van der Waals surface area contributed by atoms with Crippen LogP contribution in [0.25, 0.3) is 81.7 Å². The van der Waals surface area contributed by atoms with E-state index in [0.717, 1.165) is 38.5 Å². The van der Waals surface area contributed by atoms with Crippen molar-refractivity contribution in [3.8, 4) is 5.69 Å². The van der Waals surface area contributed by atoms with Crippen LogP contribution in [-0.2, 0) is 0 Å². The number of benzene rings is 7. The van der Waals surface area contributed by atoms with E-state index in [0.29, 0.717) is 0 Å². The molecule has 9 aromatic rings. The lowest BCUT2D eigenvalue weighted by Gasteiger charge is -2.11. The molecule has 0 unspecified atom stereocenters. The Hall–Kier alpha value is -5.08. The van der Waals surface area contributed by atoms with Crippen LogP contribution < -0.4 is 0 Å². The maximum absolute atomic E-state index is 6.81. The zero-order valence-electron chi connectivity index (χ0n) is 20.5. The molecule has 9 rings (SSSR count). The molecule has 0 saturated heterocycles. The molecule has 2 nitrogen and oxygen atoms in total. The normalized spacial score (nSPS) is 12.2. The second-order valence-corrected chi connectivity index (χ2v) is 10.1. The third kappa shape index (κ3) is 2.56. The van der Waals surface area contributed by atoms with Crippen LogP contribution in [0.4, 0.5) is 0 Å². The standard InChI is InChI=1S/C36H21NO/c1-3-9-26-22(7-1)13-14-24-15-17-25(21-32(24)26)37-33-12-6-5-11-28(33)29-19-20-31-30-18-16-23-8-2-4-10-27(23)35(30)38-36(31)34(29)37/h1-21H. The summed E-state index contributed by atoms with van der Waals surface area (Å²) < 4.78 is 9.20. The molecule has 0 aliphatic rings.